The zero-order chi connectivity index (χ0) is 26.1. The van der Waals surface area contributed by atoms with Crippen molar-refractivity contribution in [1.82, 2.24) is 9.47 Å². The molecule has 1 aromatic heterocycles. The maximum Gasteiger partial charge on any atom is 0.294 e. The number of carbonyl (C=O) groups excluding carboxylic acids is 3. The summed E-state index contributed by atoms with van der Waals surface area (Å²) in [6.07, 6.45) is 3.50. The van der Waals surface area contributed by atoms with E-state index in [2.05, 4.69) is 5.32 Å². The second-order valence-electron chi connectivity index (χ2n) is 8.29. The summed E-state index contributed by atoms with van der Waals surface area (Å²) >= 11 is 12.9. The number of thioether (sulfide) groups is 1. The Morgan fingerprint density at radius 1 is 1.03 bits per heavy atom. The lowest BCUT2D eigenvalue weighted by atomic mass is 10.1. The minimum atomic E-state index is -0.542. The van der Waals surface area contributed by atoms with Crippen LogP contribution in [-0.2, 0) is 16.1 Å². The predicted octanol–water partition coefficient (Wildman–Crippen LogP) is 6.81. The number of carbonyl (C=O) groups is 3. The summed E-state index contributed by atoms with van der Waals surface area (Å²) in [5.74, 6) is -1.46. The number of benzene rings is 3. The van der Waals surface area contributed by atoms with Crippen LogP contribution in [0.2, 0.25) is 10.0 Å². The van der Waals surface area contributed by atoms with Crippen LogP contribution in [0.5, 0.6) is 0 Å². The van der Waals surface area contributed by atoms with Gasteiger partial charge in [0.1, 0.15) is 12.4 Å². The number of rotatable bonds is 6. The summed E-state index contributed by atoms with van der Waals surface area (Å²) in [5, 5.41) is 3.84. The van der Waals surface area contributed by atoms with Crippen molar-refractivity contribution in [1.29, 1.82) is 0 Å². The largest absolute Gasteiger partial charge is 0.342 e. The first kappa shape index (κ1) is 25.1. The van der Waals surface area contributed by atoms with Crippen molar-refractivity contribution in [3.8, 4) is 0 Å². The first-order valence-corrected chi connectivity index (χ1v) is 12.7. The SMILES string of the molecule is O=C(CN1C(=O)S/C(=C\c2cn(Cc3ccc(F)cc3Cl)c3ccccc23)C1=O)Nc1ccc(Cl)cc1. The number of aromatic nitrogens is 1. The summed E-state index contributed by atoms with van der Waals surface area (Å²) < 4.78 is 15.4. The highest BCUT2D eigenvalue weighted by Crippen LogP contribution is 2.34. The summed E-state index contributed by atoms with van der Waals surface area (Å²) in [6, 6.07) is 18.4. The van der Waals surface area contributed by atoms with Crippen LogP contribution in [0.1, 0.15) is 11.1 Å². The molecule has 1 aliphatic rings. The van der Waals surface area contributed by atoms with Gasteiger partial charge in [-0.05, 0) is 65.9 Å². The molecular formula is C27H18Cl2FN3O3S. The average Bonchev–Trinajstić information content (AvgIpc) is 3.34. The molecule has 6 nitrogen and oxygen atoms in total. The number of nitrogens with one attached hydrogen (secondary N) is 1. The number of hydrogen-bond donors (Lipinski definition) is 1. The molecule has 5 rings (SSSR count). The van der Waals surface area contributed by atoms with Crippen molar-refractivity contribution in [2.75, 3.05) is 11.9 Å². The number of anilines is 1. The zero-order valence-electron chi connectivity index (χ0n) is 19.1. The van der Waals surface area contributed by atoms with Crippen molar-refractivity contribution in [2.45, 2.75) is 6.54 Å². The Labute approximate surface area is 225 Å². The molecule has 4 aromatic rings. The van der Waals surface area contributed by atoms with E-state index >= 15 is 0 Å². The fraction of sp³-hybridized carbons (Fsp3) is 0.0741. The Morgan fingerprint density at radius 3 is 2.54 bits per heavy atom. The monoisotopic (exact) mass is 553 g/mol. The fourth-order valence-corrected chi connectivity index (χ4v) is 5.19. The molecule has 3 amide bonds. The Kier molecular flexibility index (Phi) is 7.06. The van der Waals surface area contributed by atoms with Gasteiger partial charge < -0.3 is 9.88 Å². The van der Waals surface area contributed by atoms with Gasteiger partial charge >= 0.3 is 0 Å². The molecular weight excluding hydrogens is 536 g/mol. The van der Waals surface area contributed by atoms with Gasteiger partial charge in [0, 0.05) is 44.9 Å². The van der Waals surface area contributed by atoms with Crippen molar-refractivity contribution in [2.24, 2.45) is 0 Å². The number of halogens is 3. The van der Waals surface area contributed by atoms with Crippen molar-refractivity contribution in [3.63, 3.8) is 0 Å². The summed E-state index contributed by atoms with van der Waals surface area (Å²) in [4.78, 5) is 39.2. The predicted molar refractivity (Wildman–Crippen MR) is 145 cm³/mol. The van der Waals surface area contributed by atoms with Gasteiger partial charge in [-0.15, -0.1) is 0 Å². The van der Waals surface area contributed by atoms with Gasteiger partial charge in [-0.1, -0.05) is 47.5 Å². The third-order valence-corrected chi connectivity index (χ3v) is 7.28. The molecule has 0 unspecified atom stereocenters. The first-order chi connectivity index (χ1) is 17.8. The van der Waals surface area contributed by atoms with Crippen molar-refractivity contribution < 1.29 is 18.8 Å². The molecule has 0 bridgehead atoms. The second-order valence-corrected chi connectivity index (χ2v) is 10.1. The lowest BCUT2D eigenvalue weighted by Gasteiger charge is -2.12. The molecule has 3 aromatic carbocycles. The van der Waals surface area contributed by atoms with E-state index in [0.717, 1.165) is 38.7 Å². The van der Waals surface area contributed by atoms with E-state index in [-0.39, 0.29) is 4.91 Å². The van der Waals surface area contributed by atoms with E-state index in [4.69, 9.17) is 23.2 Å². The van der Waals surface area contributed by atoms with Crippen LogP contribution >= 0.6 is 35.0 Å². The summed E-state index contributed by atoms with van der Waals surface area (Å²) in [5.41, 5.74) is 2.86. The lowest BCUT2D eigenvalue weighted by Crippen LogP contribution is -2.36. The molecule has 10 heteroatoms. The van der Waals surface area contributed by atoms with Crippen LogP contribution in [0.15, 0.2) is 77.8 Å². The van der Waals surface area contributed by atoms with Crippen molar-refractivity contribution >= 4 is 74.7 Å². The van der Waals surface area contributed by atoms with Gasteiger partial charge in [-0.3, -0.25) is 19.3 Å². The van der Waals surface area contributed by atoms with Crippen LogP contribution < -0.4 is 5.32 Å². The Morgan fingerprint density at radius 2 is 1.78 bits per heavy atom. The minimum absolute atomic E-state index is 0.215. The highest BCUT2D eigenvalue weighted by Gasteiger charge is 2.36. The number of imide groups is 1. The molecule has 0 radical (unpaired) electrons. The standard InChI is InChI=1S/C27H18Cl2FN3O3S/c28-18-6-9-20(10-7-18)31-25(34)15-33-26(35)24(37-27(33)36)11-17-14-32(23-4-2-1-3-21(17)23)13-16-5-8-19(30)12-22(16)29/h1-12,14H,13,15H2,(H,31,34)/b24-11-. The number of nitrogens with zero attached hydrogens (tertiary/aromatic N) is 2. The number of fused-ring (bicyclic) bond motifs is 1. The number of hydrogen-bond acceptors (Lipinski definition) is 4. The van der Waals surface area contributed by atoms with Crippen molar-refractivity contribution in [3.05, 3.63) is 105 Å². The second kappa shape index (κ2) is 10.4. The number of para-hydroxylation sites is 1. The van der Waals surface area contributed by atoms with Gasteiger partial charge in [0.2, 0.25) is 5.91 Å². The molecule has 1 N–H and O–H groups in total. The summed E-state index contributed by atoms with van der Waals surface area (Å²) in [7, 11) is 0. The van der Waals surface area contributed by atoms with Gasteiger partial charge in [0.25, 0.3) is 11.1 Å². The molecule has 1 aliphatic heterocycles. The van der Waals surface area contributed by atoms with E-state index in [1.807, 2.05) is 35.0 Å². The smallest absolute Gasteiger partial charge is 0.294 e. The van der Waals surface area contributed by atoms with Crippen LogP contribution in [-0.4, -0.2) is 33.1 Å². The maximum atomic E-state index is 13.5. The molecule has 37 heavy (non-hydrogen) atoms. The van der Waals surface area contributed by atoms with Gasteiger partial charge in [-0.2, -0.15) is 0 Å². The molecule has 0 spiro atoms. The Hall–Kier alpha value is -3.59. The average molecular weight is 554 g/mol. The number of amides is 3. The van der Waals surface area contributed by atoms with Gasteiger partial charge in [0.15, 0.2) is 0 Å². The first-order valence-electron chi connectivity index (χ1n) is 11.1. The van der Waals surface area contributed by atoms with Crippen LogP contribution in [0.25, 0.3) is 17.0 Å². The molecule has 2 heterocycles. The molecule has 1 fully saturated rings. The van der Waals surface area contributed by atoms with E-state index in [0.29, 0.717) is 22.3 Å². The Balaban J connectivity index is 1.38. The minimum Gasteiger partial charge on any atom is -0.342 e. The fourth-order valence-electron chi connectivity index (χ4n) is 4.01. The summed E-state index contributed by atoms with van der Waals surface area (Å²) in [6.45, 7) is -0.0186. The van der Waals surface area contributed by atoms with Crippen LogP contribution in [0.4, 0.5) is 14.9 Å². The third kappa shape index (κ3) is 5.41. The van der Waals surface area contributed by atoms with E-state index in [1.165, 1.54) is 12.1 Å². The highest BCUT2D eigenvalue weighted by atomic mass is 35.5. The third-order valence-electron chi connectivity index (χ3n) is 5.77. The molecule has 0 aliphatic carbocycles. The van der Waals surface area contributed by atoms with E-state index in [1.54, 1.807) is 36.4 Å². The Bertz CT molecular complexity index is 1580. The molecule has 0 saturated carbocycles. The lowest BCUT2D eigenvalue weighted by molar-refractivity contribution is -0.127. The zero-order valence-corrected chi connectivity index (χ0v) is 21.4. The quantitative estimate of drug-likeness (QED) is 0.266. The van der Waals surface area contributed by atoms with E-state index < -0.39 is 29.4 Å². The topological polar surface area (TPSA) is 71.4 Å². The van der Waals surface area contributed by atoms with Crippen LogP contribution in [0, 0.1) is 5.82 Å². The molecule has 186 valence electrons. The maximum absolute atomic E-state index is 13.5. The normalized spacial score (nSPS) is 14.7. The van der Waals surface area contributed by atoms with Gasteiger partial charge in [-0.25, -0.2) is 4.39 Å². The van der Waals surface area contributed by atoms with E-state index in [9.17, 15) is 18.8 Å². The molecule has 0 atom stereocenters. The van der Waals surface area contributed by atoms with Crippen LogP contribution in [0.3, 0.4) is 0 Å². The van der Waals surface area contributed by atoms with Gasteiger partial charge in [0.05, 0.1) is 4.91 Å². The molecule has 1 saturated heterocycles. The highest BCUT2D eigenvalue weighted by molar-refractivity contribution is 8.18.